The summed E-state index contributed by atoms with van der Waals surface area (Å²) in [5, 5.41) is 2.54. The maximum absolute atomic E-state index is 13.5. The number of carbonyl (C=O) groups excluding carboxylic acids is 2. The highest BCUT2D eigenvalue weighted by Crippen LogP contribution is 2.28. The van der Waals surface area contributed by atoms with Gasteiger partial charge in [0.05, 0.1) is 12.1 Å². The number of halogens is 4. The summed E-state index contributed by atoms with van der Waals surface area (Å²) in [6.07, 6.45) is -2.78. The molecule has 1 N–H and O–H groups in total. The van der Waals surface area contributed by atoms with E-state index in [1.54, 1.807) is 0 Å². The molecule has 166 valence electrons. The van der Waals surface area contributed by atoms with Gasteiger partial charge in [-0.15, -0.1) is 13.2 Å². The fourth-order valence-corrected chi connectivity index (χ4v) is 2.88. The van der Waals surface area contributed by atoms with Crippen LogP contribution >= 0.6 is 0 Å². The molecule has 3 rings (SSSR count). The van der Waals surface area contributed by atoms with Crippen LogP contribution in [0.25, 0.3) is 0 Å². The summed E-state index contributed by atoms with van der Waals surface area (Å²) in [4.78, 5) is 33.2. The highest BCUT2D eigenvalue weighted by molar-refractivity contribution is 5.99. The summed E-state index contributed by atoms with van der Waals surface area (Å²) >= 11 is 0. The Kier molecular flexibility index (Phi) is 6.67. The molecule has 2 heterocycles. The number of pyridine rings is 2. The zero-order chi connectivity index (χ0) is 23.3. The third-order valence-electron chi connectivity index (χ3n) is 4.09. The predicted molar refractivity (Wildman–Crippen MR) is 107 cm³/mol. The molecule has 0 atom stereocenters. The van der Waals surface area contributed by atoms with Crippen molar-refractivity contribution in [3.05, 3.63) is 72.4 Å². The molecule has 0 unspecified atom stereocenters. The molecule has 0 fully saturated rings. The molecule has 32 heavy (non-hydrogen) atoms. The van der Waals surface area contributed by atoms with Crippen LogP contribution in [0.15, 0.2) is 60.9 Å². The van der Waals surface area contributed by atoms with Gasteiger partial charge >= 0.3 is 6.36 Å². The standard InChI is InChI=1S/C21H16F4N4O3/c1-13(30)29(16-7-9-26-18(22)12-16)19-11-15(6-8-27-19)28-20(31)10-14-4-2-3-5-17(14)32-21(23,24)25/h2-9,11-12H,10H2,1H3,(H,27,28,31). The molecule has 0 aliphatic rings. The first-order chi connectivity index (χ1) is 15.1. The van der Waals surface area contributed by atoms with Crippen molar-refractivity contribution in [1.82, 2.24) is 9.97 Å². The lowest BCUT2D eigenvalue weighted by atomic mass is 10.1. The molecule has 0 aliphatic carbocycles. The zero-order valence-electron chi connectivity index (χ0n) is 16.6. The normalized spacial score (nSPS) is 11.0. The largest absolute Gasteiger partial charge is 0.573 e. The van der Waals surface area contributed by atoms with Crippen LogP contribution in [0.5, 0.6) is 5.75 Å². The molecule has 0 radical (unpaired) electrons. The van der Waals surface area contributed by atoms with Crippen LogP contribution in [0.2, 0.25) is 0 Å². The Bertz CT molecular complexity index is 1140. The van der Waals surface area contributed by atoms with E-state index in [-0.39, 0.29) is 22.8 Å². The topological polar surface area (TPSA) is 84.4 Å². The van der Waals surface area contributed by atoms with Crippen molar-refractivity contribution >= 4 is 29.0 Å². The van der Waals surface area contributed by atoms with Crippen LogP contribution in [0, 0.1) is 5.95 Å². The lowest BCUT2D eigenvalue weighted by molar-refractivity contribution is -0.274. The van der Waals surface area contributed by atoms with Gasteiger partial charge < -0.3 is 10.1 Å². The van der Waals surface area contributed by atoms with Crippen molar-refractivity contribution in [2.24, 2.45) is 0 Å². The second kappa shape index (κ2) is 9.41. The van der Waals surface area contributed by atoms with Gasteiger partial charge in [0.1, 0.15) is 11.6 Å². The number of hydrogen-bond acceptors (Lipinski definition) is 5. The molecule has 0 spiro atoms. The highest BCUT2D eigenvalue weighted by Gasteiger charge is 2.32. The maximum Gasteiger partial charge on any atom is 0.573 e. The zero-order valence-corrected chi connectivity index (χ0v) is 16.6. The van der Waals surface area contributed by atoms with Gasteiger partial charge in [0, 0.05) is 42.7 Å². The number of anilines is 3. The van der Waals surface area contributed by atoms with Crippen molar-refractivity contribution in [3.63, 3.8) is 0 Å². The highest BCUT2D eigenvalue weighted by atomic mass is 19.4. The van der Waals surface area contributed by atoms with Crippen LogP contribution < -0.4 is 15.0 Å². The number of nitrogens with zero attached hydrogens (tertiary/aromatic N) is 3. The van der Waals surface area contributed by atoms with Gasteiger partial charge in [-0.25, -0.2) is 9.97 Å². The Morgan fingerprint density at radius 3 is 2.47 bits per heavy atom. The molecular weight excluding hydrogens is 432 g/mol. The van der Waals surface area contributed by atoms with Gasteiger partial charge in [-0.05, 0) is 18.2 Å². The molecule has 0 bridgehead atoms. The Balaban J connectivity index is 1.79. The average molecular weight is 448 g/mol. The summed E-state index contributed by atoms with van der Waals surface area (Å²) < 4.78 is 55.1. The van der Waals surface area contributed by atoms with E-state index in [9.17, 15) is 27.2 Å². The second-order valence-corrected chi connectivity index (χ2v) is 6.47. The minimum atomic E-state index is -4.89. The molecule has 3 aromatic rings. The van der Waals surface area contributed by atoms with Crippen molar-refractivity contribution in [2.45, 2.75) is 19.7 Å². The number of hydrogen-bond donors (Lipinski definition) is 1. The number of ether oxygens (including phenoxy) is 1. The van der Waals surface area contributed by atoms with Gasteiger partial charge in [-0.1, -0.05) is 18.2 Å². The van der Waals surface area contributed by atoms with E-state index in [1.165, 1.54) is 55.7 Å². The summed E-state index contributed by atoms with van der Waals surface area (Å²) in [6.45, 7) is 1.25. The molecule has 2 aromatic heterocycles. The van der Waals surface area contributed by atoms with Crippen molar-refractivity contribution in [1.29, 1.82) is 0 Å². The van der Waals surface area contributed by atoms with Gasteiger partial charge in [0.15, 0.2) is 0 Å². The SMILES string of the molecule is CC(=O)N(c1ccnc(F)c1)c1cc(NC(=O)Cc2ccccc2OC(F)(F)F)ccn1. The summed E-state index contributed by atoms with van der Waals surface area (Å²) in [7, 11) is 0. The van der Waals surface area contributed by atoms with Crippen molar-refractivity contribution < 1.29 is 31.9 Å². The average Bonchev–Trinajstić information content (AvgIpc) is 2.68. The molecule has 1 aromatic carbocycles. The molecule has 0 saturated heterocycles. The lowest BCUT2D eigenvalue weighted by Crippen LogP contribution is -2.24. The van der Waals surface area contributed by atoms with Gasteiger partial charge in [-0.3, -0.25) is 14.5 Å². The van der Waals surface area contributed by atoms with Crippen LogP contribution in [0.3, 0.4) is 0 Å². The number of aromatic nitrogens is 2. The number of alkyl halides is 3. The van der Waals surface area contributed by atoms with Gasteiger partial charge in [-0.2, -0.15) is 4.39 Å². The quantitative estimate of drug-likeness (QED) is 0.447. The molecule has 2 amide bonds. The lowest BCUT2D eigenvalue weighted by Gasteiger charge is -2.20. The van der Waals surface area contributed by atoms with Crippen LogP contribution in [0.1, 0.15) is 12.5 Å². The first kappa shape index (κ1) is 22.7. The van der Waals surface area contributed by atoms with E-state index in [0.29, 0.717) is 0 Å². The van der Waals surface area contributed by atoms with Crippen LogP contribution in [-0.4, -0.2) is 28.1 Å². The fraction of sp³-hybridized carbons (Fsp3) is 0.143. The number of carbonyl (C=O) groups is 2. The van der Waals surface area contributed by atoms with Crippen molar-refractivity contribution in [2.75, 3.05) is 10.2 Å². The third kappa shape index (κ3) is 6.00. The summed E-state index contributed by atoms with van der Waals surface area (Å²) in [6, 6.07) is 10.6. The molecule has 11 heteroatoms. The van der Waals surface area contributed by atoms with E-state index in [2.05, 4.69) is 20.0 Å². The van der Waals surface area contributed by atoms with E-state index in [4.69, 9.17) is 0 Å². The smallest absolute Gasteiger partial charge is 0.405 e. The molecule has 0 aliphatic heterocycles. The third-order valence-corrected chi connectivity index (χ3v) is 4.09. The Hall–Kier alpha value is -4.02. The van der Waals surface area contributed by atoms with Crippen LogP contribution in [0.4, 0.5) is 34.8 Å². The first-order valence-corrected chi connectivity index (χ1v) is 9.14. The number of benzene rings is 1. The van der Waals surface area contributed by atoms with Gasteiger partial charge in [0.2, 0.25) is 17.8 Å². The van der Waals surface area contributed by atoms with E-state index in [0.717, 1.165) is 17.0 Å². The first-order valence-electron chi connectivity index (χ1n) is 9.14. The number of para-hydroxylation sites is 1. The fourth-order valence-electron chi connectivity index (χ4n) is 2.88. The summed E-state index contributed by atoms with van der Waals surface area (Å²) in [5.41, 5.74) is 0.448. The van der Waals surface area contributed by atoms with Gasteiger partial charge in [0.25, 0.3) is 0 Å². The van der Waals surface area contributed by atoms with E-state index >= 15 is 0 Å². The second-order valence-electron chi connectivity index (χ2n) is 6.47. The molecule has 0 saturated carbocycles. The van der Waals surface area contributed by atoms with Crippen molar-refractivity contribution in [3.8, 4) is 5.75 Å². The van der Waals surface area contributed by atoms with E-state index in [1.807, 2.05) is 0 Å². The Labute approximate surface area is 179 Å². The minimum absolute atomic E-state index is 0.0363. The summed E-state index contributed by atoms with van der Waals surface area (Å²) in [5.74, 6) is -2.26. The Morgan fingerprint density at radius 1 is 1.06 bits per heavy atom. The van der Waals surface area contributed by atoms with Crippen LogP contribution in [-0.2, 0) is 16.0 Å². The maximum atomic E-state index is 13.5. The predicted octanol–water partition coefficient (Wildman–Crippen LogP) is 4.38. The molecular formula is C21H16F4N4O3. The number of amides is 2. The monoisotopic (exact) mass is 448 g/mol. The minimum Gasteiger partial charge on any atom is -0.405 e. The molecule has 7 nitrogen and oxygen atoms in total. The number of rotatable bonds is 6. The number of nitrogens with one attached hydrogen (secondary N) is 1. The van der Waals surface area contributed by atoms with E-state index < -0.39 is 36.3 Å². The Morgan fingerprint density at radius 2 is 1.78 bits per heavy atom.